The van der Waals surface area contributed by atoms with Crippen molar-refractivity contribution in [2.24, 2.45) is 59.2 Å². The minimum atomic E-state index is 0.413. The predicted molar refractivity (Wildman–Crippen MR) is 208 cm³/mol. The molecule has 2 aliphatic heterocycles. The van der Waals surface area contributed by atoms with Crippen molar-refractivity contribution in [3.8, 4) is 0 Å². The lowest BCUT2D eigenvalue weighted by Gasteiger charge is -2.26. The van der Waals surface area contributed by atoms with Gasteiger partial charge in [-0.3, -0.25) is 0 Å². The molecule has 48 heavy (non-hydrogen) atoms. The summed E-state index contributed by atoms with van der Waals surface area (Å²) in [5.74, 6) is 8.86. The molecule has 4 unspecified atom stereocenters. The van der Waals surface area contributed by atoms with Crippen LogP contribution in [0.5, 0.6) is 0 Å². The molecule has 0 radical (unpaired) electrons. The summed E-state index contributed by atoms with van der Waals surface area (Å²) in [7, 11) is 0. The first-order chi connectivity index (χ1) is 23.2. The Labute approximate surface area is 299 Å². The highest BCUT2D eigenvalue weighted by molar-refractivity contribution is 4.98. The Morgan fingerprint density at radius 1 is 0.292 bits per heavy atom. The fraction of sp³-hybridized carbons (Fsp3) is 0.870. The van der Waals surface area contributed by atoms with E-state index in [0.29, 0.717) is 18.1 Å². The lowest BCUT2D eigenvalue weighted by Crippen LogP contribution is -2.22. The molecule has 4 atom stereocenters. The first-order valence-corrected chi connectivity index (χ1v) is 21.5. The molecule has 0 amide bonds. The van der Waals surface area contributed by atoms with E-state index in [4.69, 9.17) is 9.47 Å². The maximum absolute atomic E-state index is 5.82. The Hall–Kier alpha value is -0.860. The van der Waals surface area contributed by atoms with Gasteiger partial charge in [0.05, 0.1) is 18.8 Å². The van der Waals surface area contributed by atoms with Gasteiger partial charge in [0.2, 0.25) is 0 Å². The zero-order valence-corrected chi connectivity index (χ0v) is 32.8. The van der Waals surface area contributed by atoms with Crippen LogP contribution in [0.3, 0.4) is 0 Å². The maximum Gasteiger partial charge on any atom is 0.0756 e. The van der Waals surface area contributed by atoms with Crippen LogP contribution in [-0.2, 0) is 9.47 Å². The van der Waals surface area contributed by atoms with Gasteiger partial charge in [-0.1, -0.05) is 122 Å². The number of allylic oxidation sites excluding steroid dienone is 4. The molecular weight excluding hydrogens is 585 g/mol. The van der Waals surface area contributed by atoms with Gasteiger partial charge in [0.25, 0.3) is 0 Å². The van der Waals surface area contributed by atoms with Gasteiger partial charge in [-0.05, 0) is 137 Å². The third-order valence-corrected chi connectivity index (χ3v) is 13.2. The van der Waals surface area contributed by atoms with E-state index in [0.717, 1.165) is 66.5 Å². The van der Waals surface area contributed by atoms with Gasteiger partial charge in [-0.2, -0.15) is 0 Å². The van der Waals surface area contributed by atoms with Crippen molar-refractivity contribution in [1.29, 1.82) is 0 Å². The molecule has 2 saturated heterocycles. The van der Waals surface area contributed by atoms with Crippen molar-refractivity contribution >= 4 is 0 Å². The molecule has 0 bridgehead atoms. The molecule has 2 heteroatoms. The molecule has 276 valence electrons. The van der Waals surface area contributed by atoms with E-state index in [1.165, 1.54) is 128 Å². The number of hydrogen-bond donors (Lipinski definition) is 0. The van der Waals surface area contributed by atoms with E-state index in [-0.39, 0.29) is 0 Å². The lowest BCUT2D eigenvalue weighted by molar-refractivity contribution is 0.00751. The van der Waals surface area contributed by atoms with E-state index in [1.54, 1.807) is 0 Å². The monoisotopic (exact) mass is 665 g/mol. The average Bonchev–Trinajstić information content (AvgIpc) is 3.10. The van der Waals surface area contributed by atoms with Gasteiger partial charge in [0.1, 0.15) is 0 Å². The van der Waals surface area contributed by atoms with Crippen LogP contribution in [-0.4, -0.2) is 25.4 Å². The summed E-state index contributed by atoms with van der Waals surface area (Å²) in [6.45, 7) is 15.9. The largest absolute Gasteiger partial charge is 0.378 e. The normalized spacial score (nSPS) is 41.4. The Kier molecular flexibility index (Phi) is 18.4. The van der Waals surface area contributed by atoms with E-state index < -0.39 is 0 Å². The second-order valence-electron chi connectivity index (χ2n) is 18.3. The van der Waals surface area contributed by atoms with Gasteiger partial charge in [0, 0.05) is 12.5 Å². The first kappa shape index (κ1) is 39.9. The highest BCUT2D eigenvalue weighted by atomic mass is 16.5. The SMILES string of the molecule is CC1CCC(C=CC2CCC(C)CC2)CC1.CC1CCC(C=CC2CCC(C)CO2)CC1.CC1CCC(C=CC2CCC(C)OC2)CC1. The van der Waals surface area contributed by atoms with Crippen molar-refractivity contribution in [2.75, 3.05) is 13.2 Å². The third kappa shape index (κ3) is 16.0. The molecule has 4 saturated carbocycles. The Bertz CT molecular complexity index is 695. The summed E-state index contributed by atoms with van der Waals surface area (Å²) < 4.78 is 11.5. The fourth-order valence-corrected chi connectivity index (χ4v) is 8.93. The average molecular weight is 665 g/mol. The van der Waals surface area contributed by atoms with Gasteiger partial charge >= 0.3 is 0 Å². The molecule has 0 spiro atoms. The predicted octanol–water partition coefficient (Wildman–Crippen LogP) is 13.6. The molecule has 6 fully saturated rings. The molecular formula is C46H80O2. The van der Waals surface area contributed by atoms with Crippen molar-refractivity contribution in [2.45, 2.75) is 182 Å². The lowest BCUT2D eigenvalue weighted by atomic mass is 9.80. The van der Waals surface area contributed by atoms with Crippen LogP contribution >= 0.6 is 0 Å². The maximum atomic E-state index is 5.82. The summed E-state index contributed by atoms with van der Waals surface area (Å²) in [6.07, 6.45) is 43.7. The van der Waals surface area contributed by atoms with Crippen LogP contribution in [0.15, 0.2) is 36.5 Å². The molecule has 6 rings (SSSR count). The molecule has 0 N–H and O–H groups in total. The van der Waals surface area contributed by atoms with Crippen molar-refractivity contribution in [1.82, 2.24) is 0 Å². The van der Waals surface area contributed by atoms with E-state index in [1.807, 2.05) is 0 Å². The molecule has 4 aliphatic carbocycles. The summed E-state index contributed by atoms with van der Waals surface area (Å²) in [6, 6.07) is 0. The van der Waals surface area contributed by atoms with Crippen LogP contribution in [0, 0.1) is 59.2 Å². The first-order valence-electron chi connectivity index (χ1n) is 21.5. The summed E-state index contributed by atoms with van der Waals surface area (Å²) in [5, 5.41) is 0. The number of hydrogen-bond acceptors (Lipinski definition) is 2. The highest BCUT2D eigenvalue weighted by Gasteiger charge is 2.21. The van der Waals surface area contributed by atoms with Crippen LogP contribution in [0.25, 0.3) is 0 Å². The topological polar surface area (TPSA) is 18.5 Å². The molecule has 2 heterocycles. The van der Waals surface area contributed by atoms with E-state index >= 15 is 0 Å². The summed E-state index contributed by atoms with van der Waals surface area (Å²) in [4.78, 5) is 0. The van der Waals surface area contributed by atoms with Crippen molar-refractivity contribution < 1.29 is 9.47 Å². The fourth-order valence-electron chi connectivity index (χ4n) is 8.93. The van der Waals surface area contributed by atoms with Gasteiger partial charge in [0.15, 0.2) is 0 Å². The quantitative estimate of drug-likeness (QED) is 0.263. The smallest absolute Gasteiger partial charge is 0.0756 e. The zero-order chi connectivity index (χ0) is 34.1. The van der Waals surface area contributed by atoms with Crippen LogP contribution in [0.4, 0.5) is 0 Å². The number of rotatable bonds is 6. The minimum Gasteiger partial charge on any atom is -0.378 e. The van der Waals surface area contributed by atoms with Crippen molar-refractivity contribution in [3.63, 3.8) is 0 Å². The Morgan fingerprint density at radius 3 is 0.958 bits per heavy atom. The van der Waals surface area contributed by atoms with E-state index in [2.05, 4.69) is 78.0 Å². The third-order valence-electron chi connectivity index (χ3n) is 13.2. The van der Waals surface area contributed by atoms with Gasteiger partial charge < -0.3 is 9.47 Å². The molecule has 0 aromatic carbocycles. The highest BCUT2D eigenvalue weighted by Crippen LogP contribution is 2.33. The van der Waals surface area contributed by atoms with Crippen molar-refractivity contribution in [3.05, 3.63) is 36.5 Å². The second kappa shape index (κ2) is 22.2. The molecule has 0 aromatic heterocycles. The summed E-state index contributed by atoms with van der Waals surface area (Å²) in [5.41, 5.74) is 0. The van der Waals surface area contributed by atoms with Crippen LogP contribution in [0.2, 0.25) is 0 Å². The van der Waals surface area contributed by atoms with E-state index in [9.17, 15) is 0 Å². The van der Waals surface area contributed by atoms with Gasteiger partial charge in [-0.25, -0.2) is 0 Å². The zero-order valence-electron chi connectivity index (χ0n) is 32.8. The second-order valence-corrected chi connectivity index (χ2v) is 18.3. The van der Waals surface area contributed by atoms with Crippen LogP contribution in [0.1, 0.15) is 170 Å². The molecule has 0 aromatic rings. The summed E-state index contributed by atoms with van der Waals surface area (Å²) >= 11 is 0. The Morgan fingerprint density at radius 2 is 0.625 bits per heavy atom. The minimum absolute atomic E-state index is 0.413. The molecule has 6 aliphatic rings. The Balaban J connectivity index is 0.000000163. The number of ether oxygens (including phenoxy) is 2. The van der Waals surface area contributed by atoms with Crippen LogP contribution < -0.4 is 0 Å². The van der Waals surface area contributed by atoms with Gasteiger partial charge in [-0.15, -0.1) is 0 Å². The molecule has 2 nitrogen and oxygen atoms in total. The standard InChI is InChI=1S/C16H28.2C15H26O/c1-13-3-7-15(8-4-13)11-12-16-9-5-14(2)6-10-16;1-12-3-6-14(7-4-12)8-10-15-9-5-13(2)11-16-15;1-12-3-6-14(7-4-12)9-10-15-8-5-13(2)16-11-15/h11-16H,3-10H2,1-2H3;8,10,12-15H,3-7,9,11H2,1-2H3;9-10,12-15H,3-8,11H2,1-2H3.